The Labute approximate surface area is 142 Å². The average Bonchev–Trinajstić information content (AvgIpc) is 2.54. The molecule has 0 aromatic carbocycles. The van der Waals surface area contributed by atoms with E-state index in [1.165, 1.54) is 109 Å². The molecule has 0 saturated carbocycles. The zero-order valence-electron chi connectivity index (χ0n) is 15.6. The Hall–Kier alpha value is -0.260. The van der Waals surface area contributed by atoms with Crippen LogP contribution in [0.1, 0.15) is 122 Å². The number of hydrogen-bond acceptors (Lipinski definition) is 0. The third kappa shape index (κ3) is 19.7. The summed E-state index contributed by atoms with van der Waals surface area (Å²) < 4.78 is 0. The van der Waals surface area contributed by atoms with Crippen LogP contribution in [0.5, 0.6) is 0 Å². The highest BCUT2D eigenvalue weighted by atomic mass is 14.0. The molecule has 0 aromatic heterocycles. The van der Waals surface area contributed by atoms with E-state index in [1.54, 1.807) is 0 Å². The summed E-state index contributed by atoms with van der Waals surface area (Å²) in [5.41, 5.74) is 0. The van der Waals surface area contributed by atoms with Crippen molar-refractivity contribution in [2.75, 3.05) is 0 Å². The predicted octanol–water partition coefficient (Wildman–Crippen LogP) is 8.42. The summed E-state index contributed by atoms with van der Waals surface area (Å²) in [6, 6.07) is 0. The second kappa shape index (κ2) is 20.7. The second-order valence-electron chi connectivity index (χ2n) is 6.91. The van der Waals surface area contributed by atoms with Crippen molar-refractivity contribution in [3.63, 3.8) is 0 Å². The molecule has 0 spiro atoms. The first-order valence-electron chi connectivity index (χ1n) is 10.3. The van der Waals surface area contributed by atoms with Crippen LogP contribution in [0, 0.1) is 6.42 Å². The minimum absolute atomic E-state index is 1.08. The Balaban J connectivity index is 2.92. The maximum atomic E-state index is 3.74. The average molecular weight is 308 g/mol. The van der Waals surface area contributed by atoms with Gasteiger partial charge in [0, 0.05) is 0 Å². The van der Waals surface area contributed by atoms with Gasteiger partial charge in [0.05, 0.1) is 0 Å². The topological polar surface area (TPSA) is 0 Å². The van der Waals surface area contributed by atoms with Gasteiger partial charge in [-0.3, -0.25) is 0 Å². The van der Waals surface area contributed by atoms with Crippen LogP contribution in [0.4, 0.5) is 0 Å². The molecule has 0 aliphatic rings. The van der Waals surface area contributed by atoms with Crippen molar-refractivity contribution in [2.45, 2.75) is 122 Å². The zero-order valence-corrected chi connectivity index (χ0v) is 15.6. The monoisotopic (exact) mass is 307 g/mol. The second-order valence-corrected chi connectivity index (χ2v) is 6.91. The molecule has 0 heterocycles. The maximum Gasteiger partial charge on any atom is -0.0322 e. The van der Waals surface area contributed by atoms with E-state index in [4.69, 9.17) is 0 Å². The van der Waals surface area contributed by atoms with Gasteiger partial charge in [-0.2, -0.15) is 0 Å². The number of hydrogen-bond donors (Lipinski definition) is 0. The van der Waals surface area contributed by atoms with Crippen LogP contribution in [0.3, 0.4) is 0 Å². The van der Waals surface area contributed by atoms with Crippen LogP contribution in [0.2, 0.25) is 0 Å². The van der Waals surface area contributed by atoms with E-state index in [0.717, 1.165) is 6.42 Å². The molecular formula is C22H43. The molecule has 0 bridgehead atoms. The summed E-state index contributed by atoms with van der Waals surface area (Å²) in [5, 5.41) is 0. The van der Waals surface area contributed by atoms with Crippen LogP contribution in [-0.4, -0.2) is 0 Å². The first-order chi connectivity index (χ1) is 10.9. The molecule has 0 rings (SSSR count). The van der Waals surface area contributed by atoms with E-state index in [-0.39, 0.29) is 0 Å². The van der Waals surface area contributed by atoms with Crippen LogP contribution in [-0.2, 0) is 0 Å². The normalized spacial score (nSPS) is 11.0. The lowest BCUT2D eigenvalue weighted by Crippen LogP contribution is -1.84. The lowest BCUT2D eigenvalue weighted by atomic mass is 10.0. The zero-order chi connectivity index (χ0) is 16.1. The number of rotatable bonds is 19. The molecule has 0 unspecified atom stereocenters. The van der Waals surface area contributed by atoms with E-state index in [2.05, 4.69) is 19.9 Å². The van der Waals surface area contributed by atoms with Gasteiger partial charge in [0.25, 0.3) is 0 Å². The van der Waals surface area contributed by atoms with E-state index >= 15 is 0 Å². The van der Waals surface area contributed by atoms with Crippen molar-refractivity contribution in [1.29, 1.82) is 0 Å². The van der Waals surface area contributed by atoms with E-state index in [1.807, 2.05) is 6.08 Å². The highest BCUT2D eigenvalue weighted by molar-refractivity contribution is 4.77. The summed E-state index contributed by atoms with van der Waals surface area (Å²) in [5.74, 6) is 0. The van der Waals surface area contributed by atoms with Crippen LogP contribution in [0.15, 0.2) is 12.7 Å². The Morgan fingerprint density at radius 2 is 0.909 bits per heavy atom. The standard InChI is InChI=1S/C22H43/c1-3-5-7-9-11-13-15-17-19-21-22-20-18-16-14-12-10-8-6-4-2/h3,7H,1,4-6,8-22H2,2H3. The summed E-state index contributed by atoms with van der Waals surface area (Å²) in [6.07, 6.45) is 30.0. The Morgan fingerprint density at radius 3 is 1.27 bits per heavy atom. The third-order valence-corrected chi connectivity index (χ3v) is 4.60. The molecule has 0 aromatic rings. The number of allylic oxidation sites excluding steroid dienone is 1. The molecular weight excluding hydrogens is 264 g/mol. The molecule has 0 fully saturated rings. The van der Waals surface area contributed by atoms with Crippen molar-refractivity contribution in [3.05, 3.63) is 19.1 Å². The fourth-order valence-electron chi connectivity index (χ4n) is 3.07. The molecule has 0 atom stereocenters. The van der Waals surface area contributed by atoms with E-state index in [9.17, 15) is 0 Å². The van der Waals surface area contributed by atoms with Crippen molar-refractivity contribution >= 4 is 0 Å². The molecule has 1 radical (unpaired) electrons. The SMILES string of the molecule is C=CC[CH]CCCCCCCCCCCCCCCCCC. The lowest BCUT2D eigenvalue weighted by Gasteiger charge is -2.03. The van der Waals surface area contributed by atoms with E-state index < -0.39 is 0 Å². The predicted molar refractivity (Wildman–Crippen MR) is 103 cm³/mol. The maximum absolute atomic E-state index is 3.74. The smallest absolute Gasteiger partial charge is 0.0322 e. The van der Waals surface area contributed by atoms with Crippen molar-refractivity contribution in [3.8, 4) is 0 Å². The first-order valence-corrected chi connectivity index (χ1v) is 10.3. The van der Waals surface area contributed by atoms with Crippen LogP contribution >= 0.6 is 0 Å². The summed E-state index contributed by atoms with van der Waals surface area (Å²) in [7, 11) is 0. The van der Waals surface area contributed by atoms with Gasteiger partial charge in [0.1, 0.15) is 0 Å². The van der Waals surface area contributed by atoms with Gasteiger partial charge < -0.3 is 0 Å². The third-order valence-electron chi connectivity index (χ3n) is 4.60. The molecule has 0 nitrogen and oxygen atoms in total. The Morgan fingerprint density at radius 1 is 0.545 bits per heavy atom. The quantitative estimate of drug-likeness (QED) is 0.166. The molecule has 0 amide bonds. The molecule has 22 heavy (non-hydrogen) atoms. The molecule has 0 N–H and O–H groups in total. The van der Waals surface area contributed by atoms with Crippen molar-refractivity contribution < 1.29 is 0 Å². The fraction of sp³-hybridized carbons (Fsp3) is 0.864. The molecule has 0 aliphatic carbocycles. The van der Waals surface area contributed by atoms with Crippen LogP contribution in [0.25, 0.3) is 0 Å². The Kier molecular flexibility index (Phi) is 20.5. The van der Waals surface area contributed by atoms with Gasteiger partial charge in [0.2, 0.25) is 0 Å². The molecule has 131 valence electrons. The highest BCUT2D eigenvalue weighted by Gasteiger charge is 1.94. The molecule has 0 saturated heterocycles. The molecule has 0 heteroatoms. The van der Waals surface area contributed by atoms with Gasteiger partial charge in [0.15, 0.2) is 0 Å². The largest absolute Gasteiger partial charge is 0.103 e. The summed E-state index contributed by atoms with van der Waals surface area (Å²) in [4.78, 5) is 0. The highest BCUT2D eigenvalue weighted by Crippen LogP contribution is 2.14. The summed E-state index contributed by atoms with van der Waals surface area (Å²) in [6.45, 7) is 6.04. The van der Waals surface area contributed by atoms with Gasteiger partial charge >= 0.3 is 0 Å². The number of unbranched alkanes of at least 4 members (excludes halogenated alkanes) is 18. The Bertz CT molecular complexity index is 194. The summed E-state index contributed by atoms with van der Waals surface area (Å²) >= 11 is 0. The van der Waals surface area contributed by atoms with E-state index in [0.29, 0.717) is 0 Å². The first kappa shape index (κ1) is 21.7. The molecule has 0 aliphatic heterocycles. The fourth-order valence-corrected chi connectivity index (χ4v) is 3.07. The lowest BCUT2D eigenvalue weighted by molar-refractivity contribution is 0.529. The van der Waals surface area contributed by atoms with Gasteiger partial charge in [-0.25, -0.2) is 0 Å². The van der Waals surface area contributed by atoms with Crippen molar-refractivity contribution in [1.82, 2.24) is 0 Å². The van der Waals surface area contributed by atoms with Gasteiger partial charge in [-0.1, -0.05) is 116 Å². The van der Waals surface area contributed by atoms with Gasteiger partial charge in [-0.15, -0.1) is 6.58 Å². The minimum atomic E-state index is 1.08. The minimum Gasteiger partial charge on any atom is -0.103 e. The van der Waals surface area contributed by atoms with Crippen LogP contribution < -0.4 is 0 Å². The van der Waals surface area contributed by atoms with Crippen molar-refractivity contribution in [2.24, 2.45) is 0 Å². The van der Waals surface area contributed by atoms with Gasteiger partial charge in [-0.05, 0) is 19.3 Å².